The van der Waals surface area contributed by atoms with E-state index in [1.807, 2.05) is 23.6 Å². The maximum atomic E-state index is 12.3. The molecule has 0 saturated carbocycles. The number of thiophene rings is 1. The number of ether oxygens (including phenoxy) is 1. The lowest BCUT2D eigenvalue weighted by Gasteiger charge is -2.38. The highest BCUT2D eigenvalue weighted by molar-refractivity contribution is 7.09. The third kappa shape index (κ3) is 4.41. The molecular weight excluding hydrogens is 364 g/mol. The molecule has 8 heteroatoms. The monoisotopic (exact) mass is 384 g/mol. The number of carbonyl (C=O) groups excluding carboxylic acids is 2. The number of aromatic nitrogens is 1. The Balaban J connectivity index is 1.28. The van der Waals surface area contributed by atoms with Crippen LogP contribution in [0.2, 0.25) is 0 Å². The average molecular weight is 384 g/mol. The van der Waals surface area contributed by atoms with E-state index in [1.54, 1.807) is 34.6 Å². The molecule has 4 rings (SSSR count). The van der Waals surface area contributed by atoms with Crippen molar-refractivity contribution in [2.24, 2.45) is 0 Å². The number of amides is 2. The Morgan fingerprint density at radius 1 is 1.41 bits per heavy atom. The van der Waals surface area contributed by atoms with Crippen molar-refractivity contribution < 1.29 is 14.3 Å². The highest BCUT2D eigenvalue weighted by atomic mass is 32.1. The fraction of sp³-hybridized carbons (Fsp3) is 0.316. The molecule has 4 heterocycles. The quantitative estimate of drug-likeness (QED) is 0.766. The second-order valence-electron chi connectivity index (χ2n) is 6.52. The first-order valence-corrected chi connectivity index (χ1v) is 9.66. The largest absolute Gasteiger partial charge is 0.369 e. The van der Waals surface area contributed by atoms with Gasteiger partial charge < -0.3 is 20.3 Å². The molecule has 0 spiro atoms. The molecule has 140 valence electrons. The van der Waals surface area contributed by atoms with Crippen molar-refractivity contribution in [1.29, 1.82) is 0 Å². The van der Waals surface area contributed by atoms with Crippen molar-refractivity contribution in [2.45, 2.75) is 19.3 Å². The van der Waals surface area contributed by atoms with Gasteiger partial charge in [-0.15, -0.1) is 11.3 Å². The minimum Gasteiger partial charge on any atom is -0.369 e. The van der Waals surface area contributed by atoms with Crippen molar-refractivity contribution in [3.63, 3.8) is 0 Å². The molecule has 2 aliphatic heterocycles. The Morgan fingerprint density at radius 2 is 2.30 bits per heavy atom. The van der Waals surface area contributed by atoms with E-state index < -0.39 is 0 Å². The SMILES string of the molecule is O=C1CNCc2cc(C=CC(=O)N3CC(OCc4cccs4)C3)cnc2N1. The van der Waals surface area contributed by atoms with Gasteiger partial charge in [0.05, 0.1) is 19.3 Å². The Bertz CT molecular complexity index is 860. The number of fused-ring (bicyclic) bond motifs is 1. The normalized spacial score (nSPS) is 17.3. The summed E-state index contributed by atoms with van der Waals surface area (Å²) in [7, 11) is 0. The molecule has 7 nitrogen and oxygen atoms in total. The molecule has 2 aromatic heterocycles. The number of nitrogens with one attached hydrogen (secondary N) is 2. The number of likely N-dealkylation sites (tertiary alicyclic amines) is 1. The fourth-order valence-electron chi connectivity index (χ4n) is 2.95. The molecule has 0 bridgehead atoms. The number of carbonyl (C=O) groups is 2. The third-order valence-electron chi connectivity index (χ3n) is 4.47. The first kappa shape index (κ1) is 17.8. The summed E-state index contributed by atoms with van der Waals surface area (Å²) < 4.78 is 5.79. The summed E-state index contributed by atoms with van der Waals surface area (Å²) in [5, 5.41) is 7.83. The summed E-state index contributed by atoms with van der Waals surface area (Å²) in [6.45, 7) is 2.67. The zero-order chi connectivity index (χ0) is 18.6. The van der Waals surface area contributed by atoms with Gasteiger partial charge in [0, 0.05) is 42.3 Å². The maximum Gasteiger partial charge on any atom is 0.246 e. The molecule has 1 saturated heterocycles. The van der Waals surface area contributed by atoms with Gasteiger partial charge >= 0.3 is 0 Å². The summed E-state index contributed by atoms with van der Waals surface area (Å²) in [4.78, 5) is 31.0. The molecule has 1 fully saturated rings. The van der Waals surface area contributed by atoms with Crippen LogP contribution < -0.4 is 10.6 Å². The van der Waals surface area contributed by atoms with E-state index in [0.717, 1.165) is 11.1 Å². The Kier molecular flexibility index (Phi) is 5.28. The third-order valence-corrected chi connectivity index (χ3v) is 5.32. The van der Waals surface area contributed by atoms with E-state index in [1.165, 1.54) is 4.88 Å². The molecule has 2 aliphatic rings. The standard InChI is InChI=1S/C19H20N4O3S/c24-17-9-20-8-14-6-13(7-21-19(14)22-17)3-4-18(25)23-10-15(11-23)26-12-16-2-1-5-27-16/h1-7,15,20H,8-12H2,(H,21,22,24). The zero-order valence-electron chi connectivity index (χ0n) is 14.7. The summed E-state index contributed by atoms with van der Waals surface area (Å²) >= 11 is 1.67. The van der Waals surface area contributed by atoms with Crippen LogP contribution in [-0.4, -0.2) is 47.4 Å². The van der Waals surface area contributed by atoms with Crippen LogP contribution in [0.25, 0.3) is 6.08 Å². The first-order chi connectivity index (χ1) is 13.2. The minimum atomic E-state index is -0.103. The second-order valence-corrected chi connectivity index (χ2v) is 7.55. The van der Waals surface area contributed by atoms with Crippen molar-refractivity contribution in [2.75, 3.05) is 25.0 Å². The summed E-state index contributed by atoms with van der Waals surface area (Å²) in [6, 6.07) is 5.98. The number of pyridine rings is 1. The Hall–Kier alpha value is -2.55. The number of rotatable bonds is 5. The molecule has 0 atom stereocenters. The van der Waals surface area contributed by atoms with Gasteiger partial charge in [-0.05, 0) is 29.2 Å². The van der Waals surface area contributed by atoms with Crippen LogP contribution in [0.15, 0.2) is 35.9 Å². The fourth-order valence-corrected chi connectivity index (χ4v) is 3.57. The number of anilines is 1. The van der Waals surface area contributed by atoms with Gasteiger partial charge in [-0.1, -0.05) is 6.07 Å². The second kappa shape index (κ2) is 7.99. The van der Waals surface area contributed by atoms with Crippen LogP contribution >= 0.6 is 11.3 Å². The highest BCUT2D eigenvalue weighted by Gasteiger charge is 2.30. The molecule has 27 heavy (non-hydrogen) atoms. The van der Waals surface area contributed by atoms with Gasteiger partial charge in [-0.3, -0.25) is 9.59 Å². The van der Waals surface area contributed by atoms with E-state index in [9.17, 15) is 9.59 Å². The lowest BCUT2D eigenvalue weighted by atomic mass is 10.1. The van der Waals surface area contributed by atoms with Crippen LogP contribution in [-0.2, 0) is 27.5 Å². The summed E-state index contributed by atoms with van der Waals surface area (Å²) in [5.74, 6) is 0.433. The summed E-state index contributed by atoms with van der Waals surface area (Å²) in [6.07, 6.45) is 5.06. The van der Waals surface area contributed by atoms with E-state index in [4.69, 9.17) is 4.74 Å². The smallest absolute Gasteiger partial charge is 0.246 e. The predicted molar refractivity (Wildman–Crippen MR) is 103 cm³/mol. The van der Waals surface area contributed by atoms with Gasteiger partial charge in [0.25, 0.3) is 0 Å². The minimum absolute atomic E-state index is 0.0349. The Morgan fingerprint density at radius 3 is 3.11 bits per heavy atom. The van der Waals surface area contributed by atoms with E-state index in [2.05, 4.69) is 15.6 Å². The van der Waals surface area contributed by atoms with Crippen molar-refractivity contribution in [3.8, 4) is 0 Å². The van der Waals surface area contributed by atoms with E-state index in [0.29, 0.717) is 32.1 Å². The molecule has 0 unspecified atom stereocenters. The molecule has 0 aliphatic carbocycles. The maximum absolute atomic E-state index is 12.3. The van der Waals surface area contributed by atoms with Gasteiger partial charge in [-0.25, -0.2) is 4.98 Å². The first-order valence-electron chi connectivity index (χ1n) is 8.78. The highest BCUT2D eigenvalue weighted by Crippen LogP contribution is 2.19. The van der Waals surface area contributed by atoms with Crippen molar-refractivity contribution >= 4 is 35.0 Å². The van der Waals surface area contributed by atoms with E-state index >= 15 is 0 Å². The molecule has 0 aromatic carbocycles. The topological polar surface area (TPSA) is 83.6 Å². The average Bonchev–Trinajstić information content (AvgIpc) is 3.06. The predicted octanol–water partition coefficient (Wildman–Crippen LogP) is 1.63. The van der Waals surface area contributed by atoms with Crippen LogP contribution in [0.3, 0.4) is 0 Å². The lowest BCUT2D eigenvalue weighted by molar-refractivity contribution is -0.140. The number of hydrogen-bond acceptors (Lipinski definition) is 6. The van der Waals surface area contributed by atoms with E-state index in [-0.39, 0.29) is 24.5 Å². The van der Waals surface area contributed by atoms with Crippen molar-refractivity contribution in [3.05, 3.63) is 51.9 Å². The van der Waals surface area contributed by atoms with Crippen LogP contribution in [0.4, 0.5) is 5.82 Å². The van der Waals surface area contributed by atoms with Crippen LogP contribution in [0.5, 0.6) is 0 Å². The molecule has 2 aromatic rings. The van der Waals surface area contributed by atoms with Crippen LogP contribution in [0.1, 0.15) is 16.0 Å². The van der Waals surface area contributed by atoms with Gasteiger partial charge in [-0.2, -0.15) is 0 Å². The molecule has 0 radical (unpaired) electrons. The van der Waals surface area contributed by atoms with Gasteiger partial charge in [0.2, 0.25) is 11.8 Å². The van der Waals surface area contributed by atoms with Gasteiger partial charge in [0.15, 0.2) is 0 Å². The molecule has 2 amide bonds. The molecule has 2 N–H and O–H groups in total. The number of nitrogens with zero attached hydrogens (tertiary/aromatic N) is 2. The zero-order valence-corrected chi connectivity index (χ0v) is 15.5. The number of hydrogen-bond donors (Lipinski definition) is 2. The van der Waals surface area contributed by atoms with Crippen LogP contribution in [0, 0.1) is 0 Å². The van der Waals surface area contributed by atoms with Crippen molar-refractivity contribution in [1.82, 2.24) is 15.2 Å². The van der Waals surface area contributed by atoms with Gasteiger partial charge in [0.1, 0.15) is 5.82 Å². The Labute approximate surface area is 161 Å². The molecular formula is C19H20N4O3S. The summed E-state index contributed by atoms with van der Waals surface area (Å²) in [5.41, 5.74) is 1.73. The lowest BCUT2D eigenvalue weighted by Crippen LogP contribution is -2.54.